The van der Waals surface area contributed by atoms with E-state index in [4.69, 9.17) is 66.3 Å². The molecule has 0 amide bonds. The number of hydrogen-bond donors (Lipinski definition) is 7. The Kier molecular flexibility index (Phi) is 44.3. The largest absolute Gasteiger partial charge is 1.00 e. The topological polar surface area (TPSA) is 509 Å². The summed E-state index contributed by atoms with van der Waals surface area (Å²) in [5.74, 6) is -10.7. The van der Waals surface area contributed by atoms with Crippen molar-refractivity contribution in [3.63, 3.8) is 0 Å². The number of aliphatic carboxylic acids is 5. The van der Waals surface area contributed by atoms with E-state index in [9.17, 15) is 85.3 Å². The molecule has 0 saturated carbocycles. The van der Waals surface area contributed by atoms with Crippen molar-refractivity contribution in [2.75, 3.05) is 53.7 Å². The van der Waals surface area contributed by atoms with Crippen molar-refractivity contribution in [2.24, 2.45) is 15.0 Å². The van der Waals surface area contributed by atoms with E-state index in [0.29, 0.717) is 0 Å². The number of ether oxygens (including phenoxy) is 14. The number of allylic oxidation sites excluding steroid dienone is 3. The van der Waals surface area contributed by atoms with E-state index in [2.05, 4.69) is 15.0 Å². The number of carbonyl (C=O) groups excluding carboxylic acids is 5. The van der Waals surface area contributed by atoms with Crippen molar-refractivity contribution >= 4 is 66.7 Å². The molecule has 5 aliphatic heterocycles. The molecule has 25 unspecified atom stereocenters. The predicted octanol–water partition coefficient (Wildman–Crippen LogP) is -23.4. The maximum atomic E-state index is 13.3. The van der Waals surface area contributed by atoms with Crippen molar-refractivity contribution in [3.05, 3.63) is 126 Å². The van der Waals surface area contributed by atoms with Gasteiger partial charge in [-0.1, -0.05) is 109 Å². The van der Waals surface area contributed by atoms with Crippen molar-refractivity contribution < 1.29 is 299 Å². The van der Waals surface area contributed by atoms with E-state index >= 15 is 0 Å². The number of aliphatic hydroxyl groups is 7. The van der Waals surface area contributed by atoms with Crippen molar-refractivity contribution in [1.82, 2.24) is 0 Å². The summed E-state index contributed by atoms with van der Waals surface area (Å²) in [6.45, 7) is -1.79. The number of carbonyl (C=O) groups is 5. The van der Waals surface area contributed by atoms with Gasteiger partial charge < -0.3 is 152 Å². The van der Waals surface area contributed by atoms with Crippen LogP contribution in [0.3, 0.4) is 0 Å². The number of hydrogen-bond acceptors (Lipinski definition) is 34. The molecule has 0 spiro atoms. The Morgan fingerprint density at radius 3 is 0.885 bits per heavy atom. The van der Waals surface area contributed by atoms with Gasteiger partial charge in [-0.05, 0) is 34.9 Å². The molecule has 5 saturated heterocycles. The van der Waals surface area contributed by atoms with Gasteiger partial charge in [0.2, 0.25) is 0 Å². The van der Waals surface area contributed by atoms with Crippen LogP contribution in [0.25, 0.3) is 18.2 Å². The Hall–Kier alpha value is -2.60. The Balaban J connectivity index is 0.00000562. The molecule has 0 radical (unpaired) electrons. The average molecular weight is 1510 g/mol. The van der Waals surface area contributed by atoms with Crippen LogP contribution in [0.5, 0.6) is 0 Å². The monoisotopic (exact) mass is 1510 g/mol. The van der Waals surface area contributed by atoms with Crippen LogP contribution < -0.4 is 173 Å². The van der Waals surface area contributed by atoms with E-state index in [-0.39, 0.29) is 174 Å². The fourth-order valence-corrected chi connectivity index (χ4v) is 11.0. The van der Waals surface area contributed by atoms with E-state index in [1.807, 2.05) is 42.5 Å². The van der Waals surface area contributed by atoms with E-state index in [1.54, 1.807) is 85.0 Å². The third-order valence-corrected chi connectivity index (χ3v) is 15.9. The first-order chi connectivity index (χ1) is 47.6. The fraction of sp³-hybridized carbons (Fsp3) is 0.508. The summed E-state index contributed by atoms with van der Waals surface area (Å²) in [5, 5.41) is 145. The molecule has 0 aromatic heterocycles. The zero-order valence-electron chi connectivity index (χ0n) is 57.8. The number of carboxylic acid groups (broad SMARTS) is 5. The maximum Gasteiger partial charge on any atom is 1.00 e. The second kappa shape index (κ2) is 48.2. The summed E-state index contributed by atoms with van der Waals surface area (Å²) in [4.78, 5) is 76.6. The first kappa shape index (κ1) is 95.6. The van der Waals surface area contributed by atoms with Gasteiger partial charge in [0.25, 0.3) is 0 Å². The van der Waals surface area contributed by atoms with Crippen LogP contribution >= 0.6 is 0 Å². The minimum absolute atomic E-state index is 0. The molecule has 39 heteroatoms. The third kappa shape index (κ3) is 26.3. The molecule has 7 N–H and O–H groups in total. The summed E-state index contributed by atoms with van der Waals surface area (Å²) in [6, 6.07) is 27.3. The number of nitrogens with zero attached hydrogens (tertiary/aromatic N) is 3. The van der Waals surface area contributed by atoms with Crippen LogP contribution in [-0.2, 0) is 90.3 Å². The number of carboxylic acids is 5. The second-order valence-corrected chi connectivity index (χ2v) is 22.5. The van der Waals surface area contributed by atoms with Gasteiger partial charge in [-0.3, -0.25) is 15.0 Å². The zero-order valence-corrected chi connectivity index (χ0v) is 67.8. The number of benzene rings is 3. The third-order valence-electron chi connectivity index (χ3n) is 15.9. The molecule has 5 aliphatic rings. The minimum atomic E-state index is -2.67. The predicted molar refractivity (Wildman–Crippen MR) is 323 cm³/mol. The van der Waals surface area contributed by atoms with E-state index < -0.39 is 197 Å². The summed E-state index contributed by atoms with van der Waals surface area (Å²) < 4.78 is 79.0. The SMILES string of the molecule is COC1OC(C(=O)[O-])C(OC2OC(C(=O)[O-])C(OC3OC(C(=O)[O-])C(OC4OC(C(=O)[O-])C(OC5OC(C(=O)[O-])C(OC)C(O)C5O)C(O)C4OCCN=C/C=C/c4ccccc4)C(O)C3OCCN=C/C=C/c3ccccc3)C(O)C2O)C(O)C1OCCN=C/C=C/c1ccccc1.[Na+].[Na+].[Na+].[Na+].[Na+]. The van der Waals surface area contributed by atoms with E-state index in [1.165, 1.54) is 18.6 Å². The van der Waals surface area contributed by atoms with Gasteiger partial charge in [0, 0.05) is 32.9 Å². The minimum Gasteiger partial charge on any atom is -0.547 e. The molecule has 3 aromatic rings. The van der Waals surface area contributed by atoms with Crippen LogP contribution in [0.4, 0.5) is 0 Å². The molecule has 3 aromatic carbocycles. The van der Waals surface area contributed by atoms with Crippen LogP contribution in [-0.4, -0.2) is 291 Å². The molecular weight excluding hydrogens is 1430 g/mol. The van der Waals surface area contributed by atoms with Crippen LogP contribution in [0.15, 0.2) is 124 Å². The van der Waals surface area contributed by atoms with Gasteiger partial charge in [0.15, 0.2) is 31.5 Å². The summed E-state index contributed by atoms with van der Waals surface area (Å²) >= 11 is 0. The zero-order chi connectivity index (χ0) is 71.3. The van der Waals surface area contributed by atoms with Gasteiger partial charge in [0.1, 0.15) is 122 Å². The van der Waals surface area contributed by atoms with Crippen molar-refractivity contribution in [3.8, 4) is 0 Å². The Bertz CT molecular complexity index is 3270. The summed E-state index contributed by atoms with van der Waals surface area (Å²) in [6.07, 6.45) is -42.5. The number of aliphatic hydroxyl groups excluding tert-OH is 7. The van der Waals surface area contributed by atoms with Gasteiger partial charge in [0.05, 0.1) is 69.3 Å². The molecule has 8 rings (SSSR count). The van der Waals surface area contributed by atoms with E-state index in [0.717, 1.165) is 30.9 Å². The average Bonchev–Trinajstić information content (AvgIpc) is 0.767. The van der Waals surface area contributed by atoms with Crippen LogP contribution in [0.1, 0.15) is 16.7 Å². The molecular formula is C65H74N3Na5O31. The number of rotatable bonds is 33. The standard InChI is InChI=1S/C65H79N3O31.5Na/c1-86-43-36(69)38(71)61(95-51(43)56(76)77)92-46-41(74)49(89-31-28-67-25-13-22-34-17-8-4-9-18-34)65(98-54(46)59(82)83)94-47-42(75)50(90-32-29-68-26-14-23-35-19-10-5-11-20-35)64(99-55(47)60(84)85)93-44-37(70)39(72)62(96-52(44)57(78)79)91-45-40(73)48(63(87-2)97-53(45)58(80)81)88-30-27-66-24-12-21-33-15-6-3-7-16-33;;;;;/h3-26,36-55,61-65,69-75H,27-32H2,1-2H3,(H,76,77)(H,78,79)(H,80,81)(H,82,83)(H,84,85);;;;;/q;5*+1/p-5/b21-12+,22-13+,23-14+,66-24?,67-25?,68-26?;;;;;. The Labute approximate surface area is 706 Å². The van der Waals surface area contributed by atoms with Crippen molar-refractivity contribution in [1.29, 1.82) is 0 Å². The molecule has 34 nitrogen and oxygen atoms in total. The molecule has 0 bridgehead atoms. The van der Waals surface area contributed by atoms with Crippen LogP contribution in [0.2, 0.25) is 0 Å². The Morgan fingerprint density at radius 2 is 0.596 bits per heavy atom. The first-order valence-electron chi connectivity index (χ1n) is 30.9. The maximum absolute atomic E-state index is 13.3. The van der Waals surface area contributed by atoms with Gasteiger partial charge in [-0.25, -0.2) is 0 Å². The number of aliphatic imine (C=N–C) groups is 3. The van der Waals surface area contributed by atoms with Crippen LogP contribution in [0, 0.1) is 0 Å². The fourth-order valence-electron chi connectivity index (χ4n) is 11.0. The molecule has 5 heterocycles. The summed E-state index contributed by atoms with van der Waals surface area (Å²) in [5.41, 5.74) is 2.50. The van der Waals surface area contributed by atoms with Gasteiger partial charge >= 0.3 is 148 Å². The summed E-state index contributed by atoms with van der Waals surface area (Å²) in [7, 11) is 2.07. The molecule has 5 fully saturated rings. The molecule has 540 valence electrons. The van der Waals surface area contributed by atoms with Crippen molar-refractivity contribution in [2.45, 2.75) is 154 Å². The van der Waals surface area contributed by atoms with Gasteiger partial charge in [-0.15, -0.1) is 0 Å². The normalized spacial score (nSPS) is 33.7. The molecule has 104 heavy (non-hydrogen) atoms. The number of methoxy groups -OCH3 is 2. The second-order valence-electron chi connectivity index (χ2n) is 22.5. The molecule has 25 atom stereocenters. The quantitative estimate of drug-likeness (QED) is 0.0169. The smallest absolute Gasteiger partial charge is 0.547 e. The first-order valence-corrected chi connectivity index (χ1v) is 30.9. The Morgan fingerprint density at radius 1 is 0.346 bits per heavy atom. The van der Waals surface area contributed by atoms with Gasteiger partial charge in [-0.2, -0.15) is 0 Å². The molecule has 0 aliphatic carbocycles.